The van der Waals surface area contributed by atoms with E-state index in [1.165, 1.54) is 7.11 Å². The van der Waals surface area contributed by atoms with E-state index in [0.717, 1.165) is 79.8 Å². The smallest absolute Gasteiger partial charge is 0.875 e. The Hall–Kier alpha value is -3.60. The third-order valence-electron chi connectivity index (χ3n) is 9.08. The van der Waals surface area contributed by atoms with Crippen LogP contribution < -0.4 is 20.7 Å². The molecule has 0 spiro atoms. The number of nitrogens with zero attached hydrogens (tertiary/aromatic N) is 4. The summed E-state index contributed by atoms with van der Waals surface area (Å²) in [5.41, 5.74) is 11.9. The van der Waals surface area contributed by atoms with Crippen LogP contribution in [0.1, 0.15) is 64.6 Å². The number of ether oxygens (including phenoxy) is 1. The minimum Gasteiger partial charge on any atom is -0.875 e. The number of fused-ring (bicyclic) bond motifs is 5. The maximum Gasteiger partial charge on any atom is 2.00 e. The zero-order chi connectivity index (χ0) is 29.2. The summed E-state index contributed by atoms with van der Waals surface area (Å²) in [6, 6.07) is 0. The Morgan fingerprint density at radius 2 is 1.83 bits per heavy atom. The van der Waals surface area contributed by atoms with Crippen LogP contribution in [0.4, 0.5) is 0 Å². The Morgan fingerprint density at radius 3 is 2.52 bits per heavy atom. The van der Waals surface area contributed by atoms with Gasteiger partial charge in [0.05, 0.1) is 29.9 Å². The van der Waals surface area contributed by atoms with Crippen molar-refractivity contribution in [3.05, 3.63) is 86.0 Å². The number of methoxy groups -OCH3 is 1. The van der Waals surface area contributed by atoms with Crippen molar-refractivity contribution in [1.82, 2.24) is 4.98 Å². The van der Waals surface area contributed by atoms with Gasteiger partial charge in [0.2, 0.25) is 0 Å². The Morgan fingerprint density at radius 1 is 1.12 bits per heavy atom. The molecule has 6 rings (SSSR count). The molecule has 2 unspecified atom stereocenters. The number of aromatic nitrogens is 1. The second kappa shape index (κ2) is 11.2. The van der Waals surface area contributed by atoms with Crippen molar-refractivity contribution in [2.45, 2.75) is 60.3 Å². The third kappa shape index (κ3) is 4.62. The van der Waals surface area contributed by atoms with Gasteiger partial charge in [-0.1, -0.05) is 38.1 Å². The molecule has 2 atom stereocenters. The summed E-state index contributed by atoms with van der Waals surface area (Å²) in [4.78, 5) is 32.4. The molecule has 0 amide bonds. The summed E-state index contributed by atoms with van der Waals surface area (Å²) in [6.45, 7) is 14.4. The van der Waals surface area contributed by atoms with Crippen molar-refractivity contribution in [1.29, 1.82) is 0 Å². The van der Waals surface area contributed by atoms with Gasteiger partial charge in [-0.2, -0.15) is 0 Å². The van der Waals surface area contributed by atoms with E-state index in [1.54, 1.807) is 0 Å². The van der Waals surface area contributed by atoms with Crippen molar-refractivity contribution in [2.24, 2.45) is 26.8 Å². The van der Waals surface area contributed by atoms with Gasteiger partial charge in [-0.25, -0.2) is 9.98 Å². The predicted octanol–water partition coefficient (Wildman–Crippen LogP) is 3.89. The predicted molar refractivity (Wildman–Crippen MR) is 161 cm³/mol. The first-order chi connectivity index (χ1) is 19.7. The molecule has 0 saturated heterocycles. The molecule has 5 aliphatic rings. The van der Waals surface area contributed by atoms with E-state index >= 15 is 0 Å². The summed E-state index contributed by atoms with van der Waals surface area (Å²) in [5, 5.41) is 14.8. The first kappa shape index (κ1) is 29.9. The molecule has 0 N–H and O–H groups in total. The second-order valence-corrected chi connectivity index (χ2v) is 11.3. The fraction of sp³-hybridized carbons (Fsp3) is 0.353. The molecular weight excluding hydrogens is 619 g/mol. The van der Waals surface area contributed by atoms with Gasteiger partial charge in [0.1, 0.15) is 0 Å². The van der Waals surface area contributed by atoms with Gasteiger partial charge in [-0.05, 0) is 79.7 Å². The van der Waals surface area contributed by atoms with Crippen LogP contribution in [0.3, 0.4) is 0 Å². The summed E-state index contributed by atoms with van der Waals surface area (Å²) in [5.74, 6) is -0.233. The van der Waals surface area contributed by atoms with Gasteiger partial charge in [-0.15, -0.1) is 16.8 Å². The Balaban J connectivity index is 0.00000353. The van der Waals surface area contributed by atoms with E-state index in [0.29, 0.717) is 17.0 Å². The molecule has 42 heavy (non-hydrogen) atoms. The molecular formula is C34H34N4O3Pd. The van der Waals surface area contributed by atoms with E-state index in [1.807, 2.05) is 31.2 Å². The van der Waals surface area contributed by atoms with Gasteiger partial charge in [0.15, 0.2) is 0 Å². The van der Waals surface area contributed by atoms with Gasteiger partial charge >= 0.3 is 26.4 Å². The Kier molecular flexibility index (Phi) is 8.00. The molecule has 1 aromatic rings. The zero-order valence-corrected chi connectivity index (χ0v) is 26.4. The van der Waals surface area contributed by atoms with Gasteiger partial charge in [0.25, 0.3) is 0 Å². The molecule has 8 bridgehead atoms. The summed E-state index contributed by atoms with van der Waals surface area (Å²) in [6.07, 6.45) is 9.87. The molecule has 0 aromatic carbocycles. The summed E-state index contributed by atoms with van der Waals surface area (Å²) in [7, 11) is 1.41. The quantitative estimate of drug-likeness (QED) is 0.356. The number of esters is 1. The maximum absolute atomic E-state index is 13.4. The topological polar surface area (TPSA) is 101 Å². The number of allylic oxidation sites excluding steroid dienone is 7. The van der Waals surface area contributed by atoms with Crippen molar-refractivity contribution < 1.29 is 35.1 Å². The molecule has 0 saturated carbocycles. The summed E-state index contributed by atoms with van der Waals surface area (Å²) < 4.78 is 4.95. The first-order valence-electron chi connectivity index (χ1n) is 14.3. The van der Waals surface area contributed by atoms with E-state index in [9.17, 15) is 9.90 Å². The molecule has 0 radical (unpaired) electrons. The molecule has 1 aliphatic carbocycles. The van der Waals surface area contributed by atoms with Crippen LogP contribution in [0.5, 0.6) is 0 Å². The first-order valence-corrected chi connectivity index (χ1v) is 14.3. The summed E-state index contributed by atoms with van der Waals surface area (Å²) >= 11 is 0. The van der Waals surface area contributed by atoms with Gasteiger partial charge < -0.3 is 14.8 Å². The normalized spacial score (nSPS) is 22.4. The Labute approximate surface area is 260 Å². The fourth-order valence-electron chi connectivity index (χ4n) is 6.64. The van der Waals surface area contributed by atoms with E-state index in [2.05, 4.69) is 34.3 Å². The van der Waals surface area contributed by atoms with E-state index < -0.39 is 0 Å². The molecule has 5 heterocycles. The van der Waals surface area contributed by atoms with Gasteiger partial charge in [0, 0.05) is 35.2 Å². The van der Waals surface area contributed by atoms with Crippen LogP contribution in [0, 0.1) is 18.8 Å². The van der Waals surface area contributed by atoms with Crippen molar-refractivity contribution in [3.63, 3.8) is 0 Å². The maximum atomic E-state index is 13.4. The monoisotopic (exact) mass is 652 g/mol. The van der Waals surface area contributed by atoms with Crippen LogP contribution >= 0.6 is 0 Å². The minimum atomic E-state index is -0.257. The molecule has 0 fully saturated rings. The molecule has 4 aliphatic heterocycles. The van der Waals surface area contributed by atoms with Crippen LogP contribution in [0.25, 0.3) is 17.4 Å². The third-order valence-corrected chi connectivity index (χ3v) is 9.08. The second-order valence-electron chi connectivity index (χ2n) is 11.3. The molecule has 8 heteroatoms. The van der Waals surface area contributed by atoms with Crippen LogP contribution in [-0.4, -0.2) is 30.2 Å². The van der Waals surface area contributed by atoms with E-state index in [-0.39, 0.29) is 56.8 Å². The van der Waals surface area contributed by atoms with Gasteiger partial charge in [-0.3, -0.25) is 9.79 Å². The fourth-order valence-corrected chi connectivity index (χ4v) is 6.64. The average molecular weight is 653 g/mol. The number of carbonyl (C=O) groups excluding carboxylic acids is 1. The SMILES string of the molecule is C=CC1=C(C)C2=NC1=CC1=NC(=Cc3[n-]c4c(c3C)=C([O-])CC=4C3=NC(=C2)C(C)C3CCC(=O)OC)C(CC)=C1C.[Pd+2]. The zero-order valence-electron chi connectivity index (χ0n) is 24.8. The molecule has 7 nitrogen and oxygen atoms in total. The van der Waals surface area contributed by atoms with Crippen LogP contribution in [0.2, 0.25) is 0 Å². The number of hydrogen-bond donors (Lipinski definition) is 0. The number of rotatable bonds is 5. The largest absolute Gasteiger partial charge is 2.00 e. The van der Waals surface area contributed by atoms with Crippen molar-refractivity contribution in [2.75, 3.05) is 7.11 Å². The number of hydrogen-bond acceptors (Lipinski definition) is 6. The standard InChI is InChI=1S/C34H35N4O3.Pd/c1-8-20-16(3)24-13-26-18(5)22(10-11-31(40)41-7)33(37-26)23-12-30(39)32-19(6)27(38-34(23)32)15-29-21(9-2)17(4)25(36-29)14-28(20)35-24;/h8,13-15,18,22H,1,9-12H2,2-7H3,(H-,35,36,37,38,39);/q-1;+2/p-1. The van der Waals surface area contributed by atoms with Crippen molar-refractivity contribution >= 4 is 40.5 Å². The number of aliphatic imine (C=N–C) groups is 3. The Bertz CT molecular complexity index is 1820. The molecule has 218 valence electrons. The molecule has 1 aromatic heterocycles. The average Bonchev–Trinajstić information content (AvgIpc) is 3.70. The number of carbonyl (C=O) groups is 1. The van der Waals surface area contributed by atoms with Crippen molar-refractivity contribution in [3.8, 4) is 0 Å². The van der Waals surface area contributed by atoms with Crippen LogP contribution in [0.15, 0.2) is 79.2 Å². The van der Waals surface area contributed by atoms with Crippen LogP contribution in [-0.2, 0) is 30.0 Å². The van der Waals surface area contributed by atoms with E-state index in [4.69, 9.17) is 24.7 Å². The minimum absolute atomic E-state index is 0.